The lowest BCUT2D eigenvalue weighted by molar-refractivity contribution is -0.137. The summed E-state index contributed by atoms with van der Waals surface area (Å²) in [5, 5.41) is 15.1. The van der Waals surface area contributed by atoms with Crippen LogP contribution in [0.2, 0.25) is 0 Å². The van der Waals surface area contributed by atoms with E-state index in [0.29, 0.717) is 23.6 Å². The highest BCUT2D eigenvalue weighted by Gasteiger charge is 2.34. The number of benzene rings is 4. The minimum absolute atomic E-state index is 0.172. The zero-order chi connectivity index (χ0) is 25.7. The molecule has 6 heteroatoms. The Morgan fingerprint density at radius 1 is 0.784 bits per heavy atom. The van der Waals surface area contributed by atoms with Crippen LogP contribution in [0, 0.1) is 0 Å². The average molecular weight is 502 g/mol. The zero-order valence-corrected chi connectivity index (χ0v) is 20.1. The Labute approximate surface area is 213 Å². The lowest BCUT2D eigenvalue weighted by atomic mass is 9.85. The van der Waals surface area contributed by atoms with Crippen LogP contribution in [0.25, 0.3) is 33.0 Å². The number of rotatable bonds is 4. The van der Waals surface area contributed by atoms with E-state index in [0.717, 1.165) is 52.4 Å². The maximum Gasteiger partial charge on any atom is 0.416 e. The van der Waals surface area contributed by atoms with Crippen LogP contribution in [-0.2, 0) is 6.18 Å². The Balaban J connectivity index is 1.36. The fourth-order valence-electron chi connectivity index (χ4n) is 6.03. The number of hydrogen-bond acceptors (Lipinski definition) is 2. The molecule has 2 atom stereocenters. The van der Waals surface area contributed by atoms with E-state index in [4.69, 9.17) is 0 Å². The summed E-state index contributed by atoms with van der Waals surface area (Å²) in [4.78, 5) is 11.9. The summed E-state index contributed by atoms with van der Waals surface area (Å²) < 4.78 is 38.9. The Morgan fingerprint density at radius 2 is 1.41 bits per heavy atom. The van der Waals surface area contributed by atoms with Crippen molar-refractivity contribution in [3.05, 3.63) is 95.6 Å². The first-order chi connectivity index (χ1) is 17.7. The third-order valence-electron chi connectivity index (χ3n) is 7.91. The fraction of sp³-hybridized carbons (Fsp3) is 0.258. The van der Waals surface area contributed by atoms with Gasteiger partial charge < -0.3 is 10.4 Å². The summed E-state index contributed by atoms with van der Waals surface area (Å²) >= 11 is 0. The van der Waals surface area contributed by atoms with Crippen LogP contribution in [0.4, 0.5) is 13.2 Å². The van der Waals surface area contributed by atoms with Gasteiger partial charge in [0.2, 0.25) is 0 Å². The summed E-state index contributed by atoms with van der Waals surface area (Å²) in [7, 11) is 0. The van der Waals surface area contributed by atoms with Crippen molar-refractivity contribution in [2.45, 2.75) is 49.9 Å². The second-order valence-corrected chi connectivity index (χ2v) is 10.3. The van der Waals surface area contributed by atoms with Gasteiger partial charge in [-0.15, -0.1) is 0 Å². The molecule has 6 rings (SSSR count). The highest BCUT2D eigenvalue weighted by molar-refractivity contribution is 6.04. The Morgan fingerprint density at radius 3 is 2.03 bits per heavy atom. The third-order valence-corrected chi connectivity index (χ3v) is 7.91. The molecule has 0 aromatic heterocycles. The molecule has 4 aromatic rings. The molecule has 2 aliphatic rings. The molecule has 0 radical (unpaired) electrons. The van der Waals surface area contributed by atoms with E-state index in [9.17, 15) is 23.1 Å². The number of carboxylic acid groups (broad SMARTS) is 1. The smallest absolute Gasteiger partial charge is 0.416 e. The molecule has 0 amide bonds. The predicted molar refractivity (Wildman–Crippen MR) is 139 cm³/mol. The average Bonchev–Trinajstić information content (AvgIpc) is 3.24. The second-order valence-electron chi connectivity index (χ2n) is 10.3. The van der Waals surface area contributed by atoms with Gasteiger partial charge in [0, 0.05) is 12.1 Å². The molecule has 188 valence electrons. The molecule has 2 heterocycles. The maximum atomic E-state index is 13.0. The van der Waals surface area contributed by atoms with Crippen molar-refractivity contribution in [3.63, 3.8) is 0 Å². The lowest BCUT2D eigenvalue weighted by Crippen LogP contribution is -2.37. The van der Waals surface area contributed by atoms with Crippen molar-refractivity contribution in [2.75, 3.05) is 0 Å². The highest BCUT2D eigenvalue weighted by atomic mass is 19.4. The topological polar surface area (TPSA) is 49.3 Å². The maximum absolute atomic E-state index is 13.0. The highest BCUT2D eigenvalue weighted by Crippen LogP contribution is 2.39. The molecule has 0 spiro atoms. The third kappa shape index (κ3) is 4.62. The van der Waals surface area contributed by atoms with Gasteiger partial charge in [-0.2, -0.15) is 13.2 Å². The number of halogens is 3. The molecule has 2 fully saturated rings. The summed E-state index contributed by atoms with van der Waals surface area (Å²) in [6.45, 7) is 0. The number of aromatic carboxylic acids is 1. The van der Waals surface area contributed by atoms with Crippen LogP contribution in [0.3, 0.4) is 0 Å². The Hall–Kier alpha value is -3.64. The van der Waals surface area contributed by atoms with E-state index in [1.165, 1.54) is 30.5 Å². The number of alkyl halides is 3. The van der Waals surface area contributed by atoms with Crippen molar-refractivity contribution >= 4 is 16.7 Å². The van der Waals surface area contributed by atoms with Crippen LogP contribution in [-0.4, -0.2) is 23.2 Å². The van der Waals surface area contributed by atoms with Gasteiger partial charge in [-0.05, 0) is 101 Å². The van der Waals surface area contributed by atoms with Gasteiger partial charge in [-0.1, -0.05) is 48.5 Å². The van der Waals surface area contributed by atoms with E-state index < -0.39 is 17.7 Å². The van der Waals surface area contributed by atoms with Gasteiger partial charge >= 0.3 is 12.1 Å². The monoisotopic (exact) mass is 501 g/mol. The molecule has 2 bridgehead atoms. The van der Waals surface area contributed by atoms with Crippen LogP contribution < -0.4 is 5.32 Å². The van der Waals surface area contributed by atoms with Gasteiger partial charge in [-0.25, -0.2) is 4.79 Å². The predicted octanol–water partition coefficient (Wildman–Crippen LogP) is 7.89. The van der Waals surface area contributed by atoms with E-state index in [2.05, 4.69) is 29.6 Å². The first kappa shape index (κ1) is 23.7. The van der Waals surface area contributed by atoms with Gasteiger partial charge in [0.25, 0.3) is 0 Å². The standard InChI is InChI=1S/C31H26F3NO2/c32-31(33,34)25-8-5-18(6-9-25)21-7-12-28-23(13-21)14-24(30(36)37)17-29(28)20-3-1-19(2-4-20)22-15-26-10-11-27(16-22)35-26/h1-9,12-14,17,22,26-27,35H,10-11,15-16H2,(H,36,37). The largest absolute Gasteiger partial charge is 0.478 e. The first-order valence-electron chi connectivity index (χ1n) is 12.6. The normalized spacial score (nSPS) is 21.3. The summed E-state index contributed by atoms with van der Waals surface area (Å²) in [5.74, 6) is -0.480. The van der Waals surface area contributed by atoms with E-state index in [-0.39, 0.29) is 5.56 Å². The van der Waals surface area contributed by atoms with Crippen molar-refractivity contribution in [1.29, 1.82) is 0 Å². The molecule has 2 aliphatic heterocycles. The molecule has 3 nitrogen and oxygen atoms in total. The number of fused-ring (bicyclic) bond motifs is 3. The quantitative estimate of drug-likeness (QED) is 0.299. The van der Waals surface area contributed by atoms with Gasteiger partial charge in [0.05, 0.1) is 11.1 Å². The minimum atomic E-state index is -4.39. The van der Waals surface area contributed by atoms with Gasteiger partial charge in [0.1, 0.15) is 0 Å². The molecule has 4 aromatic carbocycles. The lowest BCUT2D eigenvalue weighted by Gasteiger charge is -2.29. The molecular weight excluding hydrogens is 475 g/mol. The van der Waals surface area contributed by atoms with Crippen molar-refractivity contribution in [3.8, 4) is 22.3 Å². The number of nitrogens with one attached hydrogen (secondary N) is 1. The number of carboxylic acids is 1. The van der Waals surface area contributed by atoms with Crippen molar-refractivity contribution < 1.29 is 23.1 Å². The number of piperidine rings is 1. The van der Waals surface area contributed by atoms with Crippen LogP contribution in [0.5, 0.6) is 0 Å². The van der Waals surface area contributed by atoms with Gasteiger partial charge in [0.15, 0.2) is 0 Å². The van der Waals surface area contributed by atoms with Gasteiger partial charge in [-0.3, -0.25) is 0 Å². The molecule has 2 unspecified atom stereocenters. The molecule has 2 saturated heterocycles. The SMILES string of the molecule is O=C(O)c1cc(-c2ccc(C3CC4CCC(C3)N4)cc2)c2ccc(-c3ccc(C(F)(F)F)cc3)cc2c1. The van der Waals surface area contributed by atoms with E-state index >= 15 is 0 Å². The van der Waals surface area contributed by atoms with E-state index in [1.54, 1.807) is 12.1 Å². The molecular formula is C31H26F3NO2. The summed E-state index contributed by atoms with van der Waals surface area (Å²) in [6, 6.07) is 23.7. The van der Waals surface area contributed by atoms with Crippen molar-refractivity contribution in [1.82, 2.24) is 5.32 Å². The molecule has 37 heavy (non-hydrogen) atoms. The van der Waals surface area contributed by atoms with Crippen LogP contribution in [0.1, 0.15) is 53.1 Å². The molecule has 2 N–H and O–H groups in total. The molecule has 0 aliphatic carbocycles. The minimum Gasteiger partial charge on any atom is -0.478 e. The first-order valence-corrected chi connectivity index (χ1v) is 12.6. The Bertz CT molecular complexity index is 1460. The van der Waals surface area contributed by atoms with Crippen LogP contribution in [0.15, 0.2) is 78.9 Å². The number of hydrogen-bond donors (Lipinski definition) is 2. The van der Waals surface area contributed by atoms with Crippen molar-refractivity contribution in [2.24, 2.45) is 0 Å². The van der Waals surface area contributed by atoms with E-state index in [1.807, 2.05) is 18.2 Å². The fourth-order valence-corrected chi connectivity index (χ4v) is 6.03. The molecule has 0 saturated carbocycles. The summed E-state index contributed by atoms with van der Waals surface area (Å²) in [5.41, 5.74) is 3.93. The Kier molecular flexibility index (Phi) is 5.80. The van der Waals surface area contributed by atoms with Crippen LogP contribution >= 0.6 is 0 Å². The number of carbonyl (C=O) groups is 1. The second kappa shape index (κ2) is 9.03. The zero-order valence-electron chi connectivity index (χ0n) is 20.1. The summed E-state index contributed by atoms with van der Waals surface area (Å²) in [6.07, 6.45) is 0.416.